The molecular weight excluding hydrogens is 248 g/mol. The van der Waals surface area contributed by atoms with Gasteiger partial charge in [-0.05, 0) is 43.4 Å². The van der Waals surface area contributed by atoms with Gasteiger partial charge < -0.3 is 10.2 Å². The second-order valence-corrected chi connectivity index (χ2v) is 5.85. The summed E-state index contributed by atoms with van der Waals surface area (Å²) in [6.07, 6.45) is 2.42. The fraction of sp³-hybridized carbons (Fsp3) is 0.462. The zero-order chi connectivity index (χ0) is 12.3. The zero-order valence-electron chi connectivity index (χ0n) is 10.1. The average Bonchev–Trinajstić information content (AvgIpc) is 2.94. The van der Waals surface area contributed by atoms with Crippen molar-refractivity contribution < 1.29 is 0 Å². The van der Waals surface area contributed by atoms with Gasteiger partial charge in [0.2, 0.25) is 0 Å². The van der Waals surface area contributed by atoms with Gasteiger partial charge in [0, 0.05) is 18.0 Å². The number of hydrogen-bond donors (Lipinski definition) is 1. The third-order valence-corrected chi connectivity index (χ3v) is 4.28. The van der Waals surface area contributed by atoms with Gasteiger partial charge in [-0.1, -0.05) is 18.2 Å². The van der Waals surface area contributed by atoms with E-state index in [9.17, 15) is 0 Å². The maximum Gasteiger partial charge on any atom is 0.169 e. The minimum atomic E-state index is 0.472. The normalized spacial score (nSPS) is 19.4. The molecule has 4 heteroatoms. The molecule has 0 aromatic carbocycles. The van der Waals surface area contributed by atoms with Crippen LogP contribution in [0.2, 0.25) is 0 Å². The molecule has 0 aliphatic carbocycles. The first kappa shape index (κ1) is 12.6. The smallest absolute Gasteiger partial charge is 0.169 e. The number of rotatable bonds is 3. The molecule has 1 aliphatic heterocycles. The molecule has 1 aromatic rings. The fourth-order valence-electron chi connectivity index (χ4n) is 2.11. The van der Waals surface area contributed by atoms with Crippen molar-refractivity contribution in [1.82, 2.24) is 10.2 Å². The molecule has 0 spiro atoms. The monoisotopic (exact) mass is 266 g/mol. The molecule has 92 valence electrons. The van der Waals surface area contributed by atoms with Gasteiger partial charge in [0.1, 0.15) is 0 Å². The molecule has 0 amide bonds. The molecule has 1 aromatic heterocycles. The highest BCUT2D eigenvalue weighted by atomic mass is 32.1. The number of likely N-dealkylation sites (tertiary alicyclic amines) is 1. The molecule has 2 rings (SSSR count). The summed E-state index contributed by atoms with van der Waals surface area (Å²) in [4.78, 5) is 3.73. The van der Waals surface area contributed by atoms with E-state index in [4.69, 9.17) is 12.2 Å². The van der Waals surface area contributed by atoms with Crippen LogP contribution in [0.4, 0.5) is 0 Å². The van der Waals surface area contributed by atoms with Crippen LogP contribution in [0.3, 0.4) is 0 Å². The van der Waals surface area contributed by atoms with E-state index in [-0.39, 0.29) is 0 Å². The Hall–Kier alpha value is -0.870. The largest absolute Gasteiger partial charge is 0.359 e. The van der Waals surface area contributed by atoms with Gasteiger partial charge in [0.05, 0.1) is 6.04 Å². The summed E-state index contributed by atoms with van der Waals surface area (Å²) in [5, 5.41) is 6.28. The van der Waals surface area contributed by atoms with E-state index in [0.717, 1.165) is 23.8 Å². The Morgan fingerprint density at radius 2 is 2.53 bits per heavy atom. The van der Waals surface area contributed by atoms with Gasteiger partial charge in [0.25, 0.3) is 0 Å². The van der Waals surface area contributed by atoms with Crippen molar-refractivity contribution in [1.29, 1.82) is 0 Å². The Bertz CT molecular complexity index is 398. The van der Waals surface area contributed by atoms with Crippen molar-refractivity contribution in [3.05, 3.63) is 34.5 Å². The molecule has 0 radical (unpaired) electrons. The molecular formula is C13H18N2S2. The number of thiocarbonyl (C=S) groups is 1. The molecule has 1 atom stereocenters. The van der Waals surface area contributed by atoms with Crippen molar-refractivity contribution in [3.63, 3.8) is 0 Å². The Kier molecular flexibility index (Phi) is 4.18. The number of nitrogens with zero attached hydrogens (tertiary/aromatic N) is 1. The summed E-state index contributed by atoms with van der Waals surface area (Å²) in [5.74, 6) is 0. The lowest BCUT2D eigenvalue weighted by atomic mass is 10.2. The summed E-state index contributed by atoms with van der Waals surface area (Å²) in [6.45, 7) is 7.72. The standard InChI is InChI=1S/C13H18N2S2/c1-10(2)9-14-13(16)15-7-3-5-11(15)12-6-4-8-17-12/h4,6,8,11H,1,3,5,7,9H2,2H3,(H,14,16)/t11-/m1/s1. The minimum Gasteiger partial charge on any atom is -0.359 e. The van der Waals surface area contributed by atoms with Gasteiger partial charge in [-0.15, -0.1) is 11.3 Å². The average molecular weight is 266 g/mol. The van der Waals surface area contributed by atoms with Crippen LogP contribution in [0.5, 0.6) is 0 Å². The Morgan fingerprint density at radius 1 is 1.71 bits per heavy atom. The predicted octanol–water partition coefficient (Wildman–Crippen LogP) is 3.34. The van der Waals surface area contributed by atoms with E-state index in [1.54, 1.807) is 0 Å². The maximum absolute atomic E-state index is 5.46. The van der Waals surface area contributed by atoms with Crippen LogP contribution in [-0.2, 0) is 0 Å². The highest BCUT2D eigenvalue weighted by Crippen LogP contribution is 2.34. The lowest BCUT2D eigenvalue weighted by Gasteiger charge is -2.27. The number of hydrogen-bond acceptors (Lipinski definition) is 2. The summed E-state index contributed by atoms with van der Waals surface area (Å²) < 4.78 is 0. The van der Waals surface area contributed by atoms with Crippen LogP contribution in [0, 0.1) is 0 Å². The first-order valence-electron chi connectivity index (χ1n) is 5.90. The van der Waals surface area contributed by atoms with Crippen LogP contribution >= 0.6 is 23.6 Å². The van der Waals surface area contributed by atoms with Crippen molar-refractivity contribution in [2.45, 2.75) is 25.8 Å². The quantitative estimate of drug-likeness (QED) is 0.667. The molecule has 0 saturated carbocycles. The summed E-state index contributed by atoms with van der Waals surface area (Å²) >= 11 is 7.28. The molecule has 1 saturated heterocycles. The third kappa shape index (κ3) is 3.07. The molecule has 2 heterocycles. The van der Waals surface area contributed by atoms with Crippen LogP contribution in [0.25, 0.3) is 0 Å². The first-order valence-corrected chi connectivity index (χ1v) is 7.19. The summed E-state index contributed by atoms with van der Waals surface area (Å²) in [5.41, 5.74) is 1.11. The SMILES string of the molecule is C=C(C)CNC(=S)N1CCC[C@@H]1c1cccs1. The Balaban J connectivity index is 1.99. The molecule has 0 bridgehead atoms. The highest BCUT2D eigenvalue weighted by Gasteiger charge is 2.28. The maximum atomic E-state index is 5.46. The number of nitrogens with one attached hydrogen (secondary N) is 1. The van der Waals surface area contributed by atoms with Crippen molar-refractivity contribution >= 4 is 28.7 Å². The van der Waals surface area contributed by atoms with Crippen molar-refractivity contribution in [2.75, 3.05) is 13.1 Å². The third-order valence-electron chi connectivity index (χ3n) is 2.93. The van der Waals surface area contributed by atoms with E-state index in [0.29, 0.717) is 6.04 Å². The van der Waals surface area contributed by atoms with E-state index in [1.807, 2.05) is 18.3 Å². The second-order valence-electron chi connectivity index (χ2n) is 4.48. The minimum absolute atomic E-state index is 0.472. The lowest BCUT2D eigenvalue weighted by Crippen LogP contribution is -2.39. The Labute approximate surface area is 112 Å². The first-order chi connectivity index (χ1) is 8.18. The van der Waals surface area contributed by atoms with E-state index < -0.39 is 0 Å². The van der Waals surface area contributed by atoms with Gasteiger partial charge in [-0.2, -0.15) is 0 Å². The van der Waals surface area contributed by atoms with Crippen LogP contribution in [-0.4, -0.2) is 23.1 Å². The van der Waals surface area contributed by atoms with E-state index in [2.05, 4.69) is 34.3 Å². The van der Waals surface area contributed by atoms with Gasteiger partial charge in [0.15, 0.2) is 5.11 Å². The van der Waals surface area contributed by atoms with E-state index in [1.165, 1.54) is 17.7 Å². The van der Waals surface area contributed by atoms with Gasteiger partial charge in [-0.3, -0.25) is 0 Å². The predicted molar refractivity (Wildman–Crippen MR) is 78.4 cm³/mol. The topological polar surface area (TPSA) is 15.3 Å². The van der Waals surface area contributed by atoms with Crippen LogP contribution in [0.1, 0.15) is 30.7 Å². The molecule has 1 aliphatic rings. The van der Waals surface area contributed by atoms with Crippen molar-refractivity contribution in [3.8, 4) is 0 Å². The van der Waals surface area contributed by atoms with Gasteiger partial charge in [-0.25, -0.2) is 0 Å². The molecule has 2 nitrogen and oxygen atoms in total. The molecule has 0 unspecified atom stereocenters. The lowest BCUT2D eigenvalue weighted by molar-refractivity contribution is 0.400. The Morgan fingerprint density at radius 3 is 3.18 bits per heavy atom. The fourth-order valence-corrected chi connectivity index (χ4v) is 3.28. The second kappa shape index (κ2) is 5.65. The molecule has 1 N–H and O–H groups in total. The van der Waals surface area contributed by atoms with Crippen LogP contribution < -0.4 is 5.32 Å². The molecule has 1 fully saturated rings. The summed E-state index contributed by atoms with van der Waals surface area (Å²) in [7, 11) is 0. The van der Waals surface area contributed by atoms with Crippen LogP contribution in [0.15, 0.2) is 29.7 Å². The van der Waals surface area contributed by atoms with E-state index >= 15 is 0 Å². The highest BCUT2D eigenvalue weighted by molar-refractivity contribution is 7.80. The van der Waals surface area contributed by atoms with Gasteiger partial charge >= 0.3 is 0 Å². The molecule has 17 heavy (non-hydrogen) atoms. The number of thiophene rings is 1. The van der Waals surface area contributed by atoms with Crippen molar-refractivity contribution in [2.24, 2.45) is 0 Å². The zero-order valence-corrected chi connectivity index (χ0v) is 11.7. The summed E-state index contributed by atoms with van der Waals surface area (Å²) in [6, 6.07) is 4.79.